The molecule has 30 heavy (non-hydrogen) atoms. The summed E-state index contributed by atoms with van der Waals surface area (Å²) in [5.74, 6) is -2.02. The molecular weight excluding hydrogens is 392 g/mol. The smallest absolute Gasteiger partial charge is 0.324 e. The Hall–Kier alpha value is -3.08. The Morgan fingerprint density at radius 1 is 0.900 bits per heavy atom. The third-order valence-corrected chi connectivity index (χ3v) is 5.68. The molecule has 0 aromatic carbocycles. The van der Waals surface area contributed by atoms with Gasteiger partial charge in [0.2, 0.25) is 0 Å². The number of carbonyl (C=O) groups excluding carboxylic acids is 4. The molecule has 0 amide bonds. The highest BCUT2D eigenvalue weighted by molar-refractivity contribution is 6.02. The molecule has 1 aliphatic rings. The number of allylic oxidation sites excluding steroid dienone is 3. The van der Waals surface area contributed by atoms with Gasteiger partial charge in [-0.25, -0.2) is 0 Å². The highest BCUT2D eigenvalue weighted by atomic mass is 16.6. The molecule has 8 nitrogen and oxygen atoms in total. The van der Waals surface area contributed by atoms with Gasteiger partial charge in [-0.1, -0.05) is 18.2 Å². The summed E-state index contributed by atoms with van der Waals surface area (Å²) < 4.78 is 19.5. The fourth-order valence-corrected chi connectivity index (χ4v) is 4.12. The van der Waals surface area contributed by atoms with Crippen LogP contribution in [0.1, 0.15) is 25.7 Å². The van der Waals surface area contributed by atoms with Gasteiger partial charge >= 0.3 is 23.9 Å². The number of hydrogen-bond acceptors (Lipinski definition) is 8. The van der Waals surface area contributed by atoms with E-state index >= 15 is 0 Å². The van der Waals surface area contributed by atoms with Gasteiger partial charge in [0.15, 0.2) is 10.8 Å². The summed E-state index contributed by atoms with van der Waals surface area (Å²) in [6.45, 7) is 3.64. The largest absolute Gasteiger partial charge is 0.468 e. The summed E-state index contributed by atoms with van der Waals surface area (Å²) in [5, 5.41) is 0. The molecule has 164 valence electrons. The van der Waals surface area contributed by atoms with E-state index in [1.54, 1.807) is 12.2 Å². The van der Waals surface area contributed by atoms with E-state index in [-0.39, 0.29) is 25.7 Å². The van der Waals surface area contributed by atoms with Crippen LogP contribution in [0.15, 0.2) is 24.8 Å². The third kappa shape index (κ3) is 4.11. The molecule has 0 aromatic rings. The lowest BCUT2D eigenvalue weighted by molar-refractivity contribution is -0.176. The molecule has 0 radical (unpaired) electrons. The first-order chi connectivity index (χ1) is 14.3. The van der Waals surface area contributed by atoms with Crippen LogP contribution in [0.2, 0.25) is 0 Å². The zero-order valence-corrected chi connectivity index (χ0v) is 17.8. The number of esters is 4. The van der Waals surface area contributed by atoms with Crippen LogP contribution in [-0.2, 0) is 38.1 Å². The Kier molecular flexibility index (Phi) is 8.84. The van der Waals surface area contributed by atoms with Crippen molar-refractivity contribution in [2.45, 2.75) is 25.7 Å². The number of methoxy groups -OCH3 is 4. The van der Waals surface area contributed by atoms with Crippen molar-refractivity contribution in [3.63, 3.8) is 0 Å². The van der Waals surface area contributed by atoms with Gasteiger partial charge in [-0.2, -0.15) is 0 Å². The predicted octanol–water partition coefficient (Wildman–Crippen LogP) is 1.83. The van der Waals surface area contributed by atoms with Crippen LogP contribution in [0.3, 0.4) is 0 Å². The zero-order chi connectivity index (χ0) is 22.9. The number of rotatable bonds is 9. The molecule has 0 fully saturated rings. The Labute approximate surface area is 176 Å². The molecule has 0 aromatic heterocycles. The van der Waals surface area contributed by atoms with Crippen LogP contribution in [0.4, 0.5) is 0 Å². The Morgan fingerprint density at radius 3 is 1.57 bits per heavy atom. The van der Waals surface area contributed by atoms with E-state index in [4.69, 9.17) is 25.4 Å². The first-order valence-corrected chi connectivity index (χ1v) is 9.33. The zero-order valence-electron chi connectivity index (χ0n) is 17.8. The van der Waals surface area contributed by atoms with Crippen LogP contribution in [0, 0.1) is 35.0 Å². The first kappa shape index (κ1) is 25.0. The van der Waals surface area contributed by atoms with Gasteiger partial charge in [-0.3, -0.25) is 19.2 Å². The SMILES string of the molecule is C#CCC(C(=O)OC)(C(=O)OC)[C@H]1C=C[C@@H](C(CC=C)(C(=O)OC)C(=O)OC)CC1. The molecule has 2 atom stereocenters. The predicted molar refractivity (Wildman–Crippen MR) is 107 cm³/mol. The second-order valence-corrected chi connectivity index (χ2v) is 6.96. The van der Waals surface area contributed by atoms with Crippen LogP contribution >= 0.6 is 0 Å². The van der Waals surface area contributed by atoms with Gasteiger partial charge in [0.25, 0.3) is 0 Å². The molecule has 0 bridgehead atoms. The third-order valence-electron chi connectivity index (χ3n) is 5.68. The van der Waals surface area contributed by atoms with Crippen molar-refractivity contribution < 1.29 is 38.1 Å². The monoisotopic (exact) mass is 420 g/mol. The van der Waals surface area contributed by atoms with E-state index in [1.807, 2.05) is 0 Å². The van der Waals surface area contributed by atoms with E-state index in [2.05, 4.69) is 12.5 Å². The lowest BCUT2D eigenvalue weighted by Crippen LogP contribution is -2.50. The van der Waals surface area contributed by atoms with Crippen molar-refractivity contribution in [2.75, 3.05) is 28.4 Å². The average Bonchev–Trinajstić information content (AvgIpc) is 2.79. The molecule has 0 heterocycles. The Morgan fingerprint density at radius 2 is 1.27 bits per heavy atom. The van der Waals surface area contributed by atoms with Crippen molar-refractivity contribution in [2.24, 2.45) is 22.7 Å². The van der Waals surface area contributed by atoms with Crippen molar-refractivity contribution in [1.82, 2.24) is 0 Å². The molecular formula is C22H28O8. The molecule has 8 heteroatoms. The lowest BCUT2D eigenvalue weighted by atomic mass is 9.63. The van der Waals surface area contributed by atoms with E-state index in [0.29, 0.717) is 0 Å². The second-order valence-electron chi connectivity index (χ2n) is 6.96. The second kappa shape index (κ2) is 10.6. The summed E-state index contributed by atoms with van der Waals surface area (Å²) in [6.07, 6.45) is 10.4. The summed E-state index contributed by atoms with van der Waals surface area (Å²) >= 11 is 0. The Balaban J connectivity index is 3.49. The van der Waals surface area contributed by atoms with Crippen LogP contribution in [0.5, 0.6) is 0 Å². The van der Waals surface area contributed by atoms with E-state index < -0.39 is 46.5 Å². The van der Waals surface area contributed by atoms with Crippen molar-refractivity contribution >= 4 is 23.9 Å². The molecule has 0 N–H and O–H groups in total. The standard InChI is InChI=1S/C22H28O8/c1-7-13-21(17(23)27-3,18(24)28-4)15-9-11-16(12-10-15)22(14-8-2,19(25)29-5)20(26)30-6/h1,8-9,11,15-16H,2,10,12-14H2,3-6H3/t15-,16+/m0/s1. The highest BCUT2D eigenvalue weighted by Crippen LogP contribution is 2.47. The molecule has 0 spiro atoms. The number of hydrogen-bond donors (Lipinski definition) is 0. The van der Waals surface area contributed by atoms with Gasteiger partial charge in [0.05, 0.1) is 28.4 Å². The minimum absolute atomic E-state index is 0.00444. The van der Waals surface area contributed by atoms with Gasteiger partial charge in [0, 0.05) is 18.3 Å². The lowest BCUT2D eigenvalue weighted by Gasteiger charge is -2.39. The summed E-state index contributed by atoms with van der Waals surface area (Å²) in [6, 6.07) is 0. The first-order valence-electron chi connectivity index (χ1n) is 9.33. The quantitative estimate of drug-likeness (QED) is 0.183. The maximum Gasteiger partial charge on any atom is 0.324 e. The molecule has 0 unspecified atom stereocenters. The minimum atomic E-state index is -1.72. The maximum atomic E-state index is 12.6. The number of carbonyl (C=O) groups is 4. The fraction of sp³-hybridized carbons (Fsp3) is 0.545. The molecule has 0 saturated heterocycles. The number of terminal acetylenes is 1. The molecule has 0 aliphatic heterocycles. The Bertz CT molecular complexity index is 726. The van der Waals surface area contributed by atoms with E-state index in [0.717, 1.165) is 14.2 Å². The highest BCUT2D eigenvalue weighted by Gasteiger charge is 2.57. The van der Waals surface area contributed by atoms with Crippen LogP contribution in [0.25, 0.3) is 0 Å². The topological polar surface area (TPSA) is 105 Å². The fourth-order valence-electron chi connectivity index (χ4n) is 4.12. The average molecular weight is 420 g/mol. The van der Waals surface area contributed by atoms with Crippen molar-refractivity contribution in [1.29, 1.82) is 0 Å². The normalized spacial score (nSPS) is 18.5. The van der Waals surface area contributed by atoms with Gasteiger partial charge < -0.3 is 18.9 Å². The molecule has 1 rings (SSSR count). The number of ether oxygens (including phenoxy) is 4. The van der Waals surface area contributed by atoms with Gasteiger partial charge in [-0.15, -0.1) is 18.9 Å². The van der Waals surface area contributed by atoms with E-state index in [9.17, 15) is 19.2 Å². The summed E-state index contributed by atoms with van der Waals surface area (Å²) in [4.78, 5) is 50.5. The van der Waals surface area contributed by atoms with Gasteiger partial charge in [0.1, 0.15) is 0 Å². The summed E-state index contributed by atoms with van der Waals surface area (Å²) in [5.41, 5.74) is -3.35. The van der Waals surface area contributed by atoms with Crippen LogP contribution in [-0.4, -0.2) is 52.3 Å². The van der Waals surface area contributed by atoms with E-state index in [1.165, 1.54) is 20.3 Å². The minimum Gasteiger partial charge on any atom is -0.468 e. The van der Waals surface area contributed by atoms with Crippen LogP contribution < -0.4 is 0 Å². The van der Waals surface area contributed by atoms with Crippen molar-refractivity contribution in [3.8, 4) is 12.3 Å². The van der Waals surface area contributed by atoms with Gasteiger partial charge in [-0.05, 0) is 19.3 Å². The molecule has 0 saturated carbocycles. The summed E-state index contributed by atoms with van der Waals surface area (Å²) in [7, 11) is 4.70. The maximum absolute atomic E-state index is 12.6. The van der Waals surface area contributed by atoms with Crippen molar-refractivity contribution in [3.05, 3.63) is 24.8 Å². The molecule has 1 aliphatic carbocycles.